The van der Waals surface area contributed by atoms with Crippen molar-refractivity contribution in [1.82, 2.24) is 4.98 Å². The largest absolute Gasteiger partial charge is 0.392 e. The Labute approximate surface area is 97.1 Å². The molecule has 0 unspecified atom stereocenters. The Bertz CT molecular complexity index is 346. The fourth-order valence-electron chi connectivity index (χ4n) is 2.22. The highest BCUT2D eigenvalue weighted by atomic mass is 16.3. The van der Waals surface area contributed by atoms with Crippen LogP contribution in [0.4, 0.5) is 5.82 Å². The van der Waals surface area contributed by atoms with E-state index in [1.54, 1.807) is 0 Å². The second kappa shape index (κ2) is 5.30. The average molecular weight is 220 g/mol. The van der Waals surface area contributed by atoms with E-state index in [1.165, 1.54) is 12.8 Å². The number of nitrogens with zero attached hydrogens (tertiary/aromatic N) is 2. The van der Waals surface area contributed by atoms with E-state index in [0.717, 1.165) is 43.0 Å². The van der Waals surface area contributed by atoms with E-state index in [9.17, 15) is 5.11 Å². The molecule has 16 heavy (non-hydrogen) atoms. The molecule has 0 bridgehead atoms. The van der Waals surface area contributed by atoms with E-state index in [-0.39, 0.29) is 6.61 Å². The molecular formula is C13H20N2O. The van der Waals surface area contributed by atoms with E-state index >= 15 is 0 Å². The summed E-state index contributed by atoms with van der Waals surface area (Å²) in [6.07, 6.45) is 4.61. The molecule has 1 saturated heterocycles. The molecule has 1 N–H and O–H groups in total. The van der Waals surface area contributed by atoms with Gasteiger partial charge in [-0.15, -0.1) is 0 Å². The lowest BCUT2D eigenvalue weighted by atomic mass is 10.1. The number of hydrogen-bond donors (Lipinski definition) is 1. The Morgan fingerprint density at radius 2 is 2.06 bits per heavy atom. The van der Waals surface area contributed by atoms with Crippen molar-refractivity contribution in [3.05, 3.63) is 23.4 Å². The number of pyridine rings is 1. The number of anilines is 1. The third-order valence-electron chi connectivity index (χ3n) is 3.04. The Morgan fingerprint density at radius 3 is 2.69 bits per heavy atom. The summed E-state index contributed by atoms with van der Waals surface area (Å²) in [7, 11) is 0. The van der Waals surface area contributed by atoms with Crippen LogP contribution in [0.5, 0.6) is 0 Å². The van der Waals surface area contributed by atoms with Gasteiger partial charge in [0.15, 0.2) is 0 Å². The van der Waals surface area contributed by atoms with Crippen LogP contribution in [0.2, 0.25) is 0 Å². The van der Waals surface area contributed by atoms with Gasteiger partial charge in [0.05, 0.1) is 6.61 Å². The first-order valence-corrected chi connectivity index (χ1v) is 6.19. The van der Waals surface area contributed by atoms with Crippen molar-refractivity contribution in [1.29, 1.82) is 0 Å². The van der Waals surface area contributed by atoms with E-state index in [0.29, 0.717) is 0 Å². The van der Waals surface area contributed by atoms with Gasteiger partial charge in [0.1, 0.15) is 5.82 Å². The predicted octanol–water partition coefficient (Wildman–Crippen LogP) is 2.13. The summed E-state index contributed by atoms with van der Waals surface area (Å²) in [4.78, 5) is 6.99. The molecule has 0 radical (unpaired) electrons. The molecule has 88 valence electrons. The molecule has 2 heterocycles. The molecule has 0 atom stereocenters. The lowest BCUT2D eigenvalue weighted by molar-refractivity contribution is 0.281. The van der Waals surface area contributed by atoms with Crippen LogP contribution in [0.25, 0.3) is 0 Å². The van der Waals surface area contributed by atoms with Crippen LogP contribution in [0, 0.1) is 0 Å². The topological polar surface area (TPSA) is 36.4 Å². The first-order chi connectivity index (χ1) is 7.83. The van der Waals surface area contributed by atoms with E-state index in [2.05, 4.69) is 16.8 Å². The minimum atomic E-state index is 0.111. The average Bonchev–Trinajstić information content (AvgIpc) is 2.82. The Morgan fingerprint density at radius 1 is 1.31 bits per heavy atom. The van der Waals surface area contributed by atoms with Gasteiger partial charge in [-0.25, -0.2) is 4.98 Å². The van der Waals surface area contributed by atoms with Crippen LogP contribution in [0.15, 0.2) is 12.1 Å². The highest BCUT2D eigenvalue weighted by Crippen LogP contribution is 2.20. The maximum absolute atomic E-state index is 9.25. The summed E-state index contributed by atoms with van der Waals surface area (Å²) < 4.78 is 0. The van der Waals surface area contributed by atoms with Crippen LogP contribution in [0.1, 0.15) is 37.4 Å². The second-order valence-corrected chi connectivity index (χ2v) is 4.43. The van der Waals surface area contributed by atoms with Gasteiger partial charge in [-0.05, 0) is 37.0 Å². The molecule has 1 aromatic heterocycles. The summed E-state index contributed by atoms with van der Waals surface area (Å²) in [5.41, 5.74) is 2.09. The van der Waals surface area contributed by atoms with Gasteiger partial charge in [-0.1, -0.05) is 13.3 Å². The van der Waals surface area contributed by atoms with Gasteiger partial charge in [-0.3, -0.25) is 0 Å². The normalized spacial score (nSPS) is 15.8. The van der Waals surface area contributed by atoms with Crippen molar-refractivity contribution >= 4 is 5.82 Å². The molecule has 1 aliphatic heterocycles. The zero-order valence-electron chi connectivity index (χ0n) is 9.95. The van der Waals surface area contributed by atoms with Gasteiger partial charge in [-0.2, -0.15) is 0 Å². The molecule has 0 amide bonds. The minimum absolute atomic E-state index is 0.111. The number of aliphatic hydroxyl groups excluding tert-OH is 1. The number of aliphatic hydroxyl groups is 1. The van der Waals surface area contributed by atoms with Crippen LogP contribution in [-0.2, 0) is 13.0 Å². The number of aromatic nitrogens is 1. The molecule has 0 aliphatic carbocycles. The van der Waals surface area contributed by atoms with Crippen LogP contribution in [0.3, 0.4) is 0 Å². The minimum Gasteiger partial charge on any atom is -0.392 e. The molecule has 2 rings (SSSR count). The Hall–Kier alpha value is -1.09. The summed E-state index contributed by atoms with van der Waals surface area (Å²) in [5.74, 6) is 1.05. The molecule has 1 aromatic rings. The maximum atomic E-state index is 9.25. The van der Waals surface area contributed by atoms with Crippen molar-refractivity contribution in [2.45, 2.75) is 39.2 Å². The van der Waals surface area contributed by atoms with Gasteiger partial charge >= 0.3 is 0 Å². The maximum Gasteiger partial charge on any atom is 0.129 e. The van der Waals surface area contributed by atoms with Crippen molar-refractivity contribution in [2.24, 2.45) is 0 Å². The summed E-state index contributed by atoms with van der Waals surface area (Å²) in [6, 6.07) is 4.04. The first kappa shape index (κ1) is 11.4. The highest BCUT2D eigenvalue weighted by molar-refractivity contribution is 5.43. The fourth-order valence-corrected chi connectivity index (χ4v) is 2.22. The highest BCUT2D eigenvalue weighted by Gasteiger charge is 2.14. The second-order valence-electron chi connectivity index (χ2n) is 4.43. The molecule has 1 fully saturated rings. The Balaban J connectivity index is 2.24. The Kier molecular flexibility index (Phi) is 3.78. The molecule has 1 aliphatic rings. The quantitative estimate of drug-likeness (QED) is 0.844. The van der Waals surface area contributed by atoms with E-state index in [1.807, 2.05) is 12.1 Å². The molecule has 0 saturated carbocycles. The molecule has 3 nitrogen and oxygen atoms in total. The van der Waals surface area contributed by atoms with Crippen LogP contribution >= 0.6 is 0 Å². The van der Waals surface area contributed by atoms with Crippen molar-refractivity contribution in [3.8, 4) is 0 Å². The molecule has 0 spiro atoms. The predicted molar refractivity (Wildman–Crippen MR) is 65.6 cm³/mol. The lowest BCUT2D eigenvalue weighted by Gasteiger charge is -2.18. The summed E-state index contributed by atoms with van der Waals surface area (Å²) in [5, 5.41) is 9.25. The third kappa shape index (κ3) is 2.53. The SMILES string of the molecule is CCCc1cc(CO)cc(N2CCCC2)n1. The van der Waals surface area contributed by atoms with Crippen molar-refractivity contribution in [3.63, 3.8) is 0 Å². The first-order valence-electron chi connectivity index (χ1n) is 6.19. The fraction of sp³-hybridized carbons (Fsp3) is 0.615. The smallest absolute Gasteiger partial charge is 0.129 e. The van der Waals surface area contributed by atoms with Gasteiger partial charge < -0.3 is 10.0 Å². The van der Waals surface area contributed by atoms with Crippen LogP contribution < -0.4 is 4.90 Å². The zero-order valence-corrected chi connectivity index (χ0v) is 9.95. The number of aryl methyl sites for hydroxylation is 1. The van der Waals surface area contributed by atoms with Crippen LogP contribution in [-0.4, -0.2) is 23.2 Å². The van der Waals surface area contributed by atoms with E-state index in [4.69, 9.17) is 0 Å². The van der Waals surface area contributed by atoms with E-state index < -0.39 is 0 Å². The zero-order chi connectivity index (χ0) is 11.4. The summed E-state index contributed by atoms with van der Waals surface area (Å²) >= 11 is 0. The molecule has 0 aromatic carbocycles. The summed E-state index contributed by atoms with van der Waals surface area (Å²) in [6.45, 7) is 4.48. The van der Waals surface area contributed by atoms with Crippen molar-refractivity contribution < 1.29 is 5.11 Å². The molecular weight excluding hydrogens is 200 g/mol. The number of hydrogen-bond acceptors (Lipinski definition) is 3. The lowest BCUT2D eigenvalue weighted by Crippen LogP contribution is -2.19. The molecule has 3 heteroatoms. The standard InChI is InChI=1S/C13H20N2O/c1-2-5-12-8-11(10-16)9-13(14-12)15-6-3-4-7-15/h8-9,16H,2-7,10H2,1H3. The van der Waals surface area contributed by atoms with Gasteiger partial charge in [0.25, 0.3) is 0 Å². The monoisotopic (exact) mass is 220 g/mol. The number of rotatable bonds is 4. The van der Waals surface area contributed by atoms with Gasteiger partial charge in [0, 0.05) is 18.8 Å². The third-order valence-corrected chi connectivity index (χ3v) is 3.04. The van der Waals surface area contributed by atoms with Gasteiger partial charge in [0.2, 0.25) is 0 Å². The van der Waals surface area contributed by atoms with Crippen molar-refractivity contribution in [2.75, 3.05) is 18.0 Å².